The fraction of sp³-hybridized carbons (Fsp3) is 0.118. The van der Waals surface area contributed by atoms with Crippen LogP contribution in [0.3, 0.4) is 0 Å². The highest BCUT2D eigenvalue weighted by Crippen LogP contribution is 2.25. The molecule has 0 radical (unpaired) electrons. The van der Waals surface area contributed by atoms with Crippen LogP contribution < -0.4 is 4.74 Å². The van der Waals surface area contributed by atoms with Crippen LogP contribution in [-0.2, 0) is 9.84 Å². The monoisotopic (exact) mass is 332 g/mol. The fourth-order valence-electron chi connectivity index (χ4n) is 2.02. The minimum absolute atomic E-state index is 0.0357. The predicted octanol–water partition coefficient (Wildman–Crippen LogP) is 2.70. The molecule has 0 saturated heterocycles. The molecule has 6 heteroatoms. The Bertz CT molecular complexity index is 866. The van der Waals surface area contributed by atoms with Gasteiger partial charge in [-0.3, -0.25) is 4.79 Å². The normalized spacial score (nSPS) is 11.6. The van der Waals surface area contributed by atoms with E-state index in [2.05, 4.69) is 0 Å². The van der Waals surface area contributed by atoms with Gasteiger partial charge >= 0.3 is 0 Å². The number of ether oxygens (including phenoxy) is 1. The zero-order valence-electron chi connectivity index (χ0n) is 12.7. The zero-order chi connectivity index (χ0) is 17.0. The summed E-state index contributed by atoms with van der Waals surface area (Å²) < 4.78 is 28.3. The third kappa shape index (κ3) is 4.20. The molecule has 0 amide bonds. The summed E-state index contributed by atoms with van der Waals surface area (Å²) in [5.74, 6) is -0.0606. The van der Waals surface area contributed by atoms with Crippen LogP contribution in [0, 0.1) is 0 Å². The maximum Gasteiger partial charge on any atom is 0.185 e. The number of phenols is 1. The van der Waals surface area contributed by atoms with Gasteiger partial charge in [-0.15, -0.1) is 0 Å². The molecule has 0 unspecified atom stereocenters. The van der Waals surface area contributed by atoms with Gasteiger partial charge in [0, 0.05) is 11.8 Å². The van der Waals surface area contributed by atoms with Gasteiger partial charge in [0.1, 0.15) is 16.4 Å². The van der Waals surface area contributed by atoms with Crippen molar-refractivity contribution in [2.75, 3.05) is 13.4 Å². The smallest absolute Gasteiger partial charge is 0.185 e. The van der Waals surface area contributed by atoms with Crippen molar-refractivity contribution < 1.29 is 23.1 Å². The molecule has 0 saturated carbocycles. The number of ketones is 1. The average molecular weight is 332 g/mol. The molecule has 0 spiro atoms. The van der Waals surface area contributed by atoms with Gasteiger partial charge in [0.05, 0.1) is 7.11 Å². The molecule has 2 aromatic carbocycles. The molecule has 0 fully saturated rings. The first-order valence-corrected chi connectivity index (χ1v) is 8.60. The second-order valence-corrected chi connectivity index (χ2v) is 6.91. The van der Waals surface area contributed by atoms with Gasteiger partial charge in [-0.25, -0.2) is 8.42 Å². The van der Waals surface area contributed by atoms with E-state index in [-0.39, 0.29) is 22.2 Å². The molecule has 0 aliphatic heterocycles. The summed E-state index contributed by atoms with van der Waals surface area (Å²) in [4.78, 5) is 12.2. The topological polar surface area (TPSA) is 80.7 Å². The SMILES string of the molecule is COc1cc(C(=O)C=Cc2cccc(O)c2)ccc1S(C)(=O)=O. The van der Waals surface area contributed by atoms with E-state index in [1.54, 1.807) is 18.2 Å². The summed E-state index contributed by atoms with van der Waals surface area (Å²) in [5, 5.41) is 9.38. The lowest BCUT2D eigenvalue weighted by Crippen LogP contribution is -2.03. The number of carbonyl (C=O) groups is 1. The second kappa shape index (κ2) is 6.66. The van der Waals surface area contributed by atoms with Crippen LogP contribution in [0.1, 0.15) is 15.9 Å². The number of sulfone groups is 1. The molecular weight excluding hydrogens is 316 g/mol. The molecule has 120 valence electrons. The van der Waals surface area contributed by atoms with Gasteiger partial charge in [-0.05, 0) is 42.0 Å². The van der Waals surface area contributed by atoms with Crippen molar-refractivity contribution in [2.45, 2.75) is 4.90 Å². The highest BCUT2D eigenvalue weighted by molar-refractivity contribution is 7.90. The fourth-order valence-corrected chi connectivity index (χ4v) is 2.85. The van der Waals surface area contributed by atoms with E-state index >= 15 is 0 Å². The third-order valence-electron chi connectivity index (χ3n) is 3.14. The first-order valence-electron chi connectivity index (χ1n) is 6.71. The quantitative estimate of drug-likeness (QED) is 0.672. The van der Waals surface area contributed by atoms with E-state index in [9.17, 15) is 18.3 Å². The minimum atomic E-state index is -3.43. The Balaban J connectivity index is 2.30. The summed E-state index contributed by atoms with van der Waals surface area (Å²) in [6.45, 7) is 0. The first-order chi connectivity index (χ1) is 10.8. The van der Waals surface area contributed by atoms with Crippen molar-refractivity contribution in [2.24, 2.45) is 0 Å². The number of benzene rings is 2. The summed E-state index contributed by atoms with van der Waals surface area (Å²) in [7, 11) is -2.08. The number of phenolic OH excluding ortho intramolecular Hbond substituents is 1. The molecule has 0 bridgehead atoms. The molecular formula is C17H16O5S. The number of hydrogen-bond donors (Lipinski definition) is 1. The average Bonchev–Trinajstić information content (AvgIpc) is 2.51. The van der Waals surface area contributed by atoms with E-state index in [0.717, 1.165) is 6.26 Å². The number of hydrogen-bond acceptors (Lipinski definition) is 5. The van der Waals surface area contributed by atoms with Crippen LogP contribution in [0.2, 0.25) is 0 Å². The van der Waals surface area contributed by atoms with Crippen molar-refractivity contribution >= 4 is 21.7 Å². The maximum absolute atomic E-state index is 12.2. The van der Waals surface area contributed by atoms with Crippen molar-refractivity contribution in [1.29, 1.82) is 0 Å². The number of methoxy groups -OCH3 is 1. The Kier molecular flexibility index (Phi) is 4.86. The molecule has 5 nitrogen and oxygen atoms in total. The largest absolute Gasteiger partial charge is 0.508 e. The zero-order valence-corrected chi connectivity index (χ0v) is 13.5. The molecule has 2 rings (SSSR count). The van der Waals surface area contributed by atoms with Crippen molar-refractivity contribution in [3.05, 3.63) is 59.7 Å². The Morgan fingerprint density at radius 2 is 1.91 bits per heavy atom. The molecule has 0 aliphatic carbocycles. The van der Waals surface area contributed by atoms with Crippen LogP contribution in [0.15, 0.2) is 53.4 Å². The minimum Gasteiger partial charge on any atom is -0.508 e. The van der Waals surface area contributed by atoms with Gasteiger partial charge in [-0.2, -0.15) is 0 Å². The predicted molar refractivity (Wildman–Crippen MR) is 87.6 cm³/mol. The Morgan fingerprint density at radius 1 is 1.17 bits per heavy atom. The molecule has 0 aliphatic rings. The van der Waals surface area contributed by atoms with Crippen LogP contribution in [0.4, 0.5) is 0 Å². The molecule has 0 heterocycles. The Labute approximate surface area is 134 Å². The lowest BCUT2D eigenvalue weighted by molar-refractivity contribution is 0.104. The van der Waals surface area contributed by atoms with Gasteiger partial charge in [0.2, 0.25) is 0 Å². The summed E-state index contributed by atoms with van der Waals surface area (Å²) in [6, 6.07) is 10.7. The number of carbonyl (C=O) groups excluding carboxylic acids is 1. The van der Waals surface area contributed by atoms with Gasteiger partial charge in [-0.1, -0.05) is 18.2 Å². The Morgan fingerprint density at radius 3 is 2.52 bits per heavy atom. The lowest BCUT2D eigenvalue weighted by Gasteiger charge is -2.08. The van der Waals surface area contributed by atoms with Crippen molar-refractivity contribution in [3.63, 3.8) is 0 Å². The number of rotatable bonds is 5. The van der Waals surface area contributed by atoms with Gasteiger partial charge in [0.25, 0.3) is 0 Å². The number of allylic oxidation sites excluding steroid dienone is 1. The van der Waals surface area contributed by atoms with Crippen molar-refractivity contribution in [3.8, 4) is 11.5 Å². The van der Waals surface area contributed by atoms with Crippen LogP contribution in [-0.4, -0.2) is 32.7 Å². The first kappa shape index (κ1) is 16.8. The molecule has 23 heavy (non-hydrogen) atoms. The molecule has 0 aromatic heterocycles. The van der Waals surface area contributed by atoms with Crippen LogP contribution >= 0.6 is 0 Å². The van der Waals surface area contributed by atoms with E-state index in [1.165, 1.54) is 43.5 Å². The summed E-state index contributed by atoms with van der Waals surface area (Å²) in [6.07, 6.45) is 4.00. The van der Waals surface area contributed by atoms with E-state index in [4.69, 9.17) is 4.74 Å². The molecule has 2 aromatic rings. The maximum atomic E-state index is 12.2. The highest BCUT2D eigenvalue weighted by atomic mass is 32.2. The Hall–Kier alpha value is -2.60. The lowest BCUT2D eigenvalue weighted by atomic mass is 10.1. The highest BCUT2D eigenvalue weighted by Gasteiger charge is 2.16. The van der Waals surface area contributed by atoms with Crippen LogP contribution in [0.5, 0.6) is 11.5 Å². The van der Waals surface area contributed by atoms with E-state index in [0.29, 0.717) is 11.1 Å². The third-order valence-corrected chi connectivity index (χ3v) is 4.28. The standard InChI is InChI=1S/C17H16O5S/c1-22-16-11-13(7-9-17(16)23(2,20)21)15(19)8-6-12-4-3-5-14(18)10-12/h3-11,18H,1-2H3. The molecule has 1 N–H and O–H groups in total. The van der Waals surface area contributed by atoms with E-state index < -0.39 is 9.84 Å². The molecule has 0 atom stereocenters. The number of aromatic hydroxyl groups is 1. The van der Waals surface area contributed by atoms with Gasteiger partial charge < -0.3 is 9.84 Å². The van der Waals surface area contributed by atoms with Crippen LogP contribution in [0.25, 0.3) is 6.08 Å². The van der Waals surface area contributed by atoms with Crippen molar-refractivity contribution in [1.82, 2.24) is 0 Å². The second-order valence-electron chi connectivity index (χ2n) is 4.93. The van der Waals surface area contributed by atoms with Gasteiger partial charge in [0.15, 0.2) is 15.6 Å². The summed E-state index contributed by atoms with van der Waals surface area (Å²) in [5.41, 5.74) is 0.990. The summed E-state index contributed by atoms with van der Waals surface area (Å²) >= 11 is 0. The van der Waals surface area contributed by atoms with E-state index in [1.807, 2.05) is 0 Å².